The molecule has 0 aliphatic heterocycles. The van der Waals surface area contributed by atoms with E-state index in [1.165, 1.54) is 0 Å². The molecule has 186 valence electrons. The van der Waals surface area contributed by atoms with Crippen LogP contribution in [0.3, 0.4) is 0 Å². The zero-order chi connectivity index (χ0) is 25.1. The summed E-state index contributed by atoms with van der Waals surface area (Å²) in [6.07, 6.45) is 4.26. The van der Waals surface area contributed by atoms with Crippen molar-refractivity contribution in [3.63, 3.8) is 0 Å². The molecule has 2 aromatic heterocycles. The molecule has 2 amide bonds. The lowest BCUT2D eigenvalue weighted by Crippen LogP contribution is -2.37. The van der Waals surface area contributed by atoms with Gasteiger partial charge in [0.05, 0.1) is 18.2 Å². The van der Waals surface area contributed by atoms with Gasteiger partial charge in [-0.2, -0.15) is 0 Å². The summed E-state index contributed by atoms with van der Waals surface area (Å²) in [6.45, 7) is 4.36. The van der Waals surface area contributed by atoms with Crippen molar-refractivity contribution in [2.75, 3.05) is 13.1 Å². The van der Waals surface area contributed by atoms with Gasteiger partial charge in [0.2, 0.25) is 11.8 Å². The number of fused-ring (bicyclic) bond motifs is 2. The Morgan fingerprint density at radius 3 is 2.46 bits per heavy atom. The molecule has 0 saturated heterocycles. The number of carbonyl (C=O) groups excluding carboxylic acids is 3. The van der Waals surface area contributed by atoms with Crippen molar-refractivity contribution in [2.45, 2.75) is 52.4 Å². The van der Waals surface area contributed by atoms with E-state index in [1.54, 1.807) is 19.3 Å². The first-order valence-electron chi connectivity index (χ1n) is 11.9. The molecule has 1 aliphatic rings. The molecule has 35 heavy (non-hydrogen) atoms. The van der Waals surface area contributed by atoms with Gasteiger partial charge >= 0.3 is 5.63 Å². The first-order valence-corrected chi connectivity index (χ1v) is 11.9. The molecule has 1 saturated carbocycles. The van der Waals surface area contributed by atoms with Gasteiger partial charge in [0, 0.05) is 42.3 Å². The molecule has 2 N–H and O–H groups in total. The molecular formula is C26H29N2O7-. The molecule has 0 radical (unpaired) electrons. The van der Waals surface area contributed by atoms with Crippen LogP contribution in [0, 0.1) is 25.7 Å². The fraction of sp³-hybridized carbons (Fsp3) is 0.462. The summed E-state index contributed by atoms with van der Waals surface area (Å²) in [6, 6.07) is 3.59. The summed E-state index contributed by atoms with van der Waals surface area (Å²) in [4.78, 5) is 48.0. The van der Waals surface area contributed by atoms with Crippen LogP contribution in [0.2, 0.25) is 0 Å². The number of benzene rings is 1. The minimum Gasteiger partial charge on any atom is -0.550 e. The molecule has 1 fully saturated rings. The maximum absolute atomic E-state index is 12.5. The van der Waals surface area contributed by atoms with Crippen LogP contribution in [-0.4, -0.2) is 30.9 Å². The van der Waals surface area contributed by atoms with Crippen molar-refractivity contribution < 1.29 is 28.3 Å². The van der Waals surface area contributed by atoms with Gasteiger partial charge in [-0.1, -0.05) is 0 Å². The monoisotopic (exact) mass is 481 g/mol. The Bertz CT molecular complexity index is 1330. The van der Waals surface area contributed by atoms with Crippen molar-refractivity contribution in [3.8, 4) is 0 Å². The Hall–Kier alpha value is -3.62. The quantitative estimate of drug-likeness (QED) is 0.468. The molecule has 3 aromatic rings. The third kappa shape index (κ3) is 5.55. The van der Waals surface area contributed by atoms with E-state index in [4.69, 9.17) is 8.83 Å². The maximum atomic E-state index is 12.5. The number of amides is 2. The third-order valence-electron chi connectivity index (χ3n) is 6.95. The second kappa shape index (κ2) is 10.3. The third-order valence-corrected chi connectivity index (χ3v) is 6.95. The van der Waals surface area contributed by atoms with Crippen LogP contribution < -0.4 is 21.4 Å². The number of carboxylic acid groups (broad SMARTS) is 1. The predicted molar refractivity (Wildman–Crippen MR) is 127 cm³/mol. The molecule has 0 spiro atoms. The molecule has 1 aliphatic carbocycles. The van der Waals surface area contributed by atoms with E-state index in [2.05, 4.69) is 10.6 Å². The Labute approximate surface area is 201 Å². The van der Waals surface area contributed by atoms with E-state index < -0.39 is 11.6 Å². The Balaban J connectivity index is 1.28. The van der Waals surface area contributed by atoms with E-state index in [0.29, 0.717) is 36.1 Å². The van der Waals surface area contributed by atoms with Crippen molar-refractivity contribution in [1.29, 1.82) is 0 Å². The van der Waals surface area contributed by atoms with Crippen molar-refractivity contribution in [2.24, 2.45) is 11.8 Å². The number of hydrogen-bond donors (Lipinski definition) is 2. The maximum Gasteiger partial charge on any atom is 0.340 e. The number of furan rings is 1. The van der Waals surface area contributed by atoms with Crippen LogP contribution in [0.25, 0.3) is 21.9 Å². The predicted octanol–water partition coefficient (Wildman–Crippen LogP) is 1.88. The molecule has 1 aromatic carbocycles. The highest BCUT2D eigenvalue weighted by atomic mass is 16.4. The highest BCUT2D eigenvalue weighted by Crippen LogP contribution is 2.29. The van der Waals surface area contributed by atoms with Crippen molar-refractivity contribution >= 4 is 39.7 Å². The van der Waals surface area contributed by atoms with Gasteiger partial charge < -0.3 is 29.4 Å². The summed E-state index contributed by atoms with van der Waals surface area (Å²) in [7, 11) is 0. The second-order valence-corrected chi connectivity index (χ2v) is 9.37. The number of aryl methyl sites for hydroxylation is 2. The molecular weight excluding hydrogens is 452 g/mol. The van der Waals surface area contributed by atoms with Gasteiger partial charge in [-0.25, -0.2) is 4.79 Å². The average molecular weight is 482 g/mol. The lowest BCUT2D eigenvalue weighted by Gasteiger charge is -2.29. The normalized spacial score (nSPS) is 18.0. The van der Waals surface area contributed by atoms with Crippen LogP contribution in [0.4, 0.5) is 0 Å². The van der Waals surface area contributed by atoms with E-state index in [-0.39, 0.29) is 48.6 Å². The highest BCUT2D eigenvalue weighted by Gasteiger charge is 2.22. The van der Waals surface area contributed by atoms with Gasteiger partial charge in [0.25, 0.3) is 0 Å². The molecule has 0 unspecified atom stereocenters. The highest BCUT2D eigenvalue weighted by molar-refractivity contribution is 5.96. The fourth-order valence-corrected chi connectivity index (χ4v) is 4.73. The van der Waals surface area contributed by atoms with Crippen molar-refractivity contribution in [1.82, 2.24) is 10.6 Å². The minimum atomic E-state index is -0.995. The fourth-order valence-electron chi connectivity index (χ4n) is 4.73. The molecule has 9 nitrogen and oxygen atoms in total. The smallest absolute Gasteiger partial charge is 0.340 e. The number of hydrogen-bond acceptors (Lipinski definition) is 7. The Morgan fingerprint density at radius 2 is 1.74 bits per heavy atom. The van der Waals surface area contributed by atoms with Crippen LogP contribution in [0.15, 0.2) is 32.0 Å². The zero-order valence-corrected chi connectivity index (χ0v) is 19.9. The summed E-state index contributed by atoms with van der Waals surface area (Å²) < 4.78 is 10.9. The second-order valence-electron chi connectivity index (χ2n) is 9.37. The van der Waals surface area contributed by atoms with Crippen LogP contribution in [-0.2, 0) is 20.8 Å². The Morgan fingerprint density at radius 1 is 1.00 bits per heavy atom. The Kier molecular flexibility index (Phi) is 7.23. The number of carboxylic acids is 1. The topological polar surface area (TPSA) is 142 Å². The zero-order valence-electron chi connectivity index (χ0n) is 19.9. The lowest BCUT2D eigenvalue weighted by molar-refractivity contribution is -0.312. The van der Waals surface area contributed by atoms with Crippen LogP contribution in [0.1, 0.15) is 48.8 Å². The van der Waals surface area contributed by atoms with E-state index in [9.17, 15) is 24.3 Å². The van der Waals surface area contributed by atoms with Gasteiger partial charge in [-0.05, 0) is 68.6 Å². The first-order chi connectivity index (χ1) is 16.7. The summed E-state index contributed by atoms with van der Waals surface area (Å²) in [5.74, 6) is -1.68. The number of rotatable bonds is 8. The van der Waals surface area contributed by atoms with Gasteiger partial charge in [-0.15, -0.1) is 0 Å². The van der Waals surface area contributed by atoms with E-state index in [0.717, 1.165) is 29.2 Å². The van der Waals surface area contributed by atoms with Crippen LogP contribution in [0.5, 0.6) is 0 Å². The van der Waals surface area contributed by atoms with Crippen molar-refractivity contribution in [3.05, 3.63) is 45.5 Å². The summed E-state index contributed by atoms with van der Waals surface area (Å²) in [5.41, 5.74) is 2.40. The lowest BCUT2D eigenvalue weighted by atomic mass is 9.82. The van der Waals surface area contributed by atoms with Gasteiger partial charge in [-0.3, -0.25) is 9.59 Å². The average Bonchev–Trinajstić information content (AvgIpc) is 3.19. The van der Waals surface area contributed by atoms with Gasteiger partial charge in [0.1, 0.15) is 11.2 Å². The molecule has 9 heteroatoms. The number of aliphatic carboxylic acids is 1. The number of carbonyl (C=O) groups is 3. The van der Waals surface area contributed by atoms with E-state index in [1.807, 2.05) is 13.0 Å². The van der Waals surface area contributed by atoms with Crippen LogP contribution >= 0.6 is 0 Å². The standard InChI is InChI=1S/C26H30N2O7/c1-14-13-34-21-11-22-19(9-18(14)21)15(2)20(26(33)35-22)10-24(30)27-8-7-23(29)28-12-16-3-5-17(6-4-16)25(31)32/h9,11,13,16-17H,3-8,10,12H2,1-2H3,(H,27,30)(H,28,29)(H,31,32)/p-1. The largest absolute Gasteiger partial charge is 0.550 e. The number of nitrogens with one attached hydrogen (secondary N) is 2. The summed E-state index contributed by atoms with van der Waals surface area (Å²) in [5, 5.41) is 18.1. The molecule has 4 rings (SSSR count). The molecule has 0 bridgehead atoms. The van der Waals surface area contributed by atoms with E-state index >= 15 is 0 Å². The molecule has 0 atom stereocenters. The van der Waals surface area contributed by atoms with Gasteiger partial charge in [0.15, 0.2) is 0 Å². The first kappa shape index (κ1) is 24.5. The summed E-state index contributed by atoms with van der Waals surface area (Å²) >= 11 is 0. The SMILES string of the molecule is Cc1coc2cc3oc(=O)c(CC(=O)NCCC(=O)NCC4CCC(C(=O)[O-])CC4)c(C)c3cc12. The molecule has 2 heterocycles. The minimum absolute atomic E-state index is 0.114.